The van der Waals surface area contributed by atoms with Crippen molar-refractivity contribution < 1.29 is 5.41 Å². The number of rotatable bonds is 0. The van der Waals surface area contributed by atoms with Gasteiger partial charge in [0.05, 0.1) is 22.6 Å². The highest BCUT2D eigenvalue weighted by Crippen LogP contribution is 1.80. The Morgan fingerprint density at radius 1 is 1.86 bits per heavy atom. The molecule has 0 heterocycles. The van der Waals surface area contributed by atoms with E-state index in [0.717, 1.165) is 0 Å². The zero-order chi connectivity index (χ0) is 5.86. The Hall–Kier alpha value is -0.130. The third-order valence-corrected chi connectivity index (χ3v) is 0.524. The fraction of sp³-hybridized carbons (Fsp3) is 0.333. The predicted molar refractivity (Wildman–Crippen MR) is 38.2 cm³/mol. The van der Waals surface area contributed by atoms with Gasteiger partial charge in [-0.15, -0.1) is 0 Å². The first kappa shape index (κ1) is 6.87. The standard InChI is InChI=1S/C3H6IN3/c1-2(5)7-3(4)6/h1H3,(H3,5,6,7)/p+1. The molecule has 0 aromatic rings. The minimum absolute atomic E-state index is 0.470. The quantitative estimate of drug-likeness (QED) is 0.228. The largest absolute Gasteiger partial charge is 0.367 e. The van der Waals surface area contributed by atoms with Gasteiger partial charge in [-0.05, 0) is 4.99 Å². The first-order valence-corrected chi connectivity index (χ1v) is 2.79. The van der Waals surface area contributed by atoms with Crippen LogP contribution in [0.25, 0.3) is 0 Å². The Bertz CT molecular complexity index is 103. The van der Waals surface area contributed by atoms with Gasteiger partial charge in [-0.2, -0.15) is 0 Å². The number of halogens is 1. The molecule has 0 unspecified atom stereocenters. The maximum atomic E-state index is 5.14. The van der Waals surface area contributed by atoms with E-state index in [1.165, 1.54) is 0 Å². The van der Waals surface area contributed by atoms with Crippen molar-refractivity contribution in [3.63, 3.8) is 0 Å². The fourth-order valence-electron chi connectivity index (χ4n) is 0.168. The molecule has 4 heteroatoms. The molecular formula is C3H7IN3+. The fourth-order valence-corrected chi connectivity index (χ4v) is 0.549. The summed E-state index contributed by atoms with van der Waals surface area (Å²) >= 11 is 1.88. The Kier molecular flexibility index (Phi) is 2.89. The van der Waals surface area contributed by atoms with Crippen molar-refractivity contribution >= 4 is 32.3 Å². The van der Waals surface area contributed by atoms with E-state index in [4.69, 9.17) is 11.1 Å². The van der Waals surface area contributed by atoms with Crippen LogP contribution in [0.5, 0.6) is 0 Å². The lowest BCUT2D eigenvalue weighted by Crippen LogP contribution is -2.35. The van der Waals surface area contributed by atoms with E-state index >= 15 is 0 Å². The molecule has 0 saturated heterocycles. The van der Waals surface area contributed by atoms with E-state index in [0.29, 0.717) is 9.68 Å². The lowest BCUT2D eigenvalue weighted by molar-refractivity contribution is -0.108. The third kappa shape index (κ3) is 5.87. The molecule has 0 fully saturated rings. The Labute approximate surface area is 55.7 Å². The highest BCUT2D eigenvalue weighted by Gasteiger charge is 1.92. The highest BCUT2D eigenvalue weighted by atomic mass is 127. The smallest absolute Gasteiger partial charge is 0.351 e. The summed E-state index contributed by atoms with van der Waals surface area (Å²) < 4.78 is 0.470. The van der Waals surface area contributed by atoms with Gasteiger partial charge in [0.15, 0.2) is 0 Å². The van der Waals surface area contributed by atoms with Crippen molar-refractivity contribution in [2.75, 3.05) is 0 Å². The maximum absolute atomic E-state index is 5.14. The summed E-state index contributed by atoms with van der Waals surface area (Å²) in [6, 6.07) is 0. The first-order chi connectivity index (χ1) is 3.13. The Morgan fingerprint density at radius 3 is 2.29 bits per heavy atom. The van der Waals surface area contributed by atoms with Gasteiger partial charge in [0.25, 0.3) is 0 Å². The van der Waals surface area contributed by atoms with Crippen molar-refractivity contribution in [3.8, 4) is 0 Å². The van der Waals surface area contributed by atoms with Crippen LogP contribution in [-0.4, -0.2) is 9.68 Å². The Balaban J connectivity index is 3.68. The second-order valence-corrected chi connectivity index (χ2v) is 2.18. The number of hydrogen-bond acceptors (Lipinski definition) is 0. The summed E-state index contributed by atoms with van der Waals surface area (Å²) in [4.78, 5) is 3.65. The van der Waals surface area contributed by atoms with Crippen molar-refractivity contribution in [1.82, 2.24) is 0 Å². The molecule has 0 rings (SSSR count). The lowest BCUT2D eigenvalue weighted by atomic mass is 10.7. The summed E-state index contributed by atoms with van der Waals surface area (Å²) in [7, 11) is 0. The molecule has 0 aliphatic rings. The minimum atomic E-state index is 0.470. The van der Waals surface area contributed by atoms with Crippen molar-refractivity contribution in [1.29, 1.82) is 0 Å². The zero-order valence-electron chi connectivity index (χ0n) is 3.98. The second-order valence-electron chi connectivity index (χ2n) is 1.08. The molecule has 7 heavy (non-hydrogen) atoms. The number of hydrogen-bond donors (Lipinski definition) is 2. The molecular weight excluding hydrogens is 205 g/mol. The van der Waals surface area contributed by atoms with Gasteiger partial charge in [-0.1, -0.05) is 0 Å². The molecule has 0 bridgehead atoms. The van der Waals surface area contributed by atoms with Crippen LogP contribution in [0.4, 0.5) is 0 Å². The molecule has 0 aliphatic heterocycles. The number of amidine groups is 2. The van der Waals surface area contributed by atoms with E-state index < -0.39 is 0 Å². The van der Waals surface area contributed by atoms with E-state index in [9.17, 15) is 0 Å². The number of nitrogens with zero attached hydrogens (tertiary/aromatic N) is 1. The highest BCUT2D eigenvalue weighted by molar-refractivity contribution is 14.1. The summed E-state index contributed by atoms with van der Waals surface area (Å²) in [6.07, 6.45) is 0. The van der Waals surface area contributed by atoms with Crippen LogP contribution < -0.4 is 11.1 Å². The van der Waals surface area contributed by atoms with E-state index in [2.05, 4.69) is 4.99 Å². The van der Waals surface area contributed by atoms with Gasteiger partial charge < -0.3 is 5.73 Å². The van der Waals surface area contributed by atoms with Gasteiger partial charge in [0.1, 0.15) is 0 Å². The van der Waals surface area contributed by atoms with Crippen molar-refractivity contribution in [2.24, 2.45) is 10.7 Å². The Morgan fingerprint density at radius 2 is 2.29 bits per heavy atom. The molecule has 0 spiro atoms. The maximum Gasteiger partial charge on any atom is 0.351 e. The van der Waals surface area contributed by atoms with Crippen LogP contribution in [0, 0.1) is 0 Å². The molecule has 0 aliphatic carbocycles. The van der Waals surface area contributed by atoms with E-state index in [1.807, 2.05) is 22.6 Å². The van der Waals surface area contributed by atoms with Gasteiger partial charge in [-0.3, -0.25) is 5.41 Å². The van der Waals surface area contributed by atoms with Crippen LogP contribution >= 0.6 is 22.6 Å². The summed E-state index contributed by atoms with van der Waals surface area (Å²) in [6.45, 7) is 1.69. The van der Waals surface area contributed by atoms with E-state index in [1.54, 1.807) is 6.92 Å². The third-order valence-electron chi connectivity index (χ3n) is 0.283. The van der Waals surface area contributed by atoms with Gasteiger partial charge in [-0.25, -0.2) is 0 Å². The lowest BCUT2D eigenvalue weighted by Gasteiger charge is -1.71. The topological polar surface area (TPSA) is 64.0 Å². The van der Waals surface area contributed by atoms with Crippen LogP contribution in [0.1, 0.15) is 6.92 Å². The van der Waals surface area contributed by atoms with Gasteiger partial charge in [0, 0.05) is 6.92 Å². The monoisotopic (exact) mass is 212 g/mol. The summed E-state index contributed by atoms with van der Waals surface area (Å²) in [5.41, 5.74) is 5.14. The van der Waals surface area contributed by atoms with Crippen LogP contribution in [0.2, 0.25) is 0 Å². The summed E-state index contributed by atoms with van der Waals surface area (Å²) in [5.74, 6) is 0.493. The van der Waals surface area contributed by atoms with Gasteiger partial charge >= 0.3 is 3.84 Å². The minimum Gasteiger partial charge on any atom is -0.367 e. The molecule has 3 nitrogen and oxygen atoms in total. The molecule has 0 radical (unpaired) electrons. The second kappa shape index (κ2) is 2.95. The number of nitrogens with two attached hydrogens (primary N) is 2. The van der Waals surface area contributed by atoms with E-state index in [-0.39, 0.29) is 0 Å². The normalized spacial score (nSPS) is 11.4. The molecule has 0 atom stereocenters. The predicted octanol–water partition coefficient (Wildman–Crippen LogP) is -1.09. The van der Waals surface area contributed by atoms with Crippen LogP contribution in [-0.2, 0) is 0 Å². The van der Waals surface area contributed by atoms with Crippen LogP contribution in [0.15, 0.2) is 4.99 Å². The average molecular weight is 212 g/mol. The molecule has 0 saturated carbocycles. The zero-order valence-corrected chi connectivity index (χ0v) is 6.14. The number of aliphatic imine (C=N–C) groups is 1. The van der Waals surface area contributed by atoms with Crippen molar-refractivity contribution in [3.05, 3.63) is 0 Å². The molecule has 40 valence electrons. The molecule has 4 N–H and O–H groups in total. The summed E-state index contributed by atoms with van der Waals surface area (Å²) in [5, 5.41) is 5.13. The molecule has 0 aromatic heterocycles. The molecule has 0 aromatic carbocycles. The average Bonchev–Trinajstić information content (AvgIpc) is 1.27. The molecule has 0 amide bonds. The van der Waals surface area contributed by atoms with Crippen molar-refractivity contribution in [2.45, 2.75) is 6.92 Å². The SMILES string of the molecule is C/C(N)=N/C(=[NH2+])I. The van der Waals surface area contributed by atoms with Gasteiger partial charge in [0.2, 0.25) is 5.84 Å². The van der Waals surface area contributed by atoms with Crippen LogP contribution in [0.3, 0.4) is 0 Å². The first-order valence-electron chi connectivity index (χ1n) is 1.71.